The van der Waals surface area contributed by atoms with Crippen molar-refractivity contribution >= 4 is 12.0 Å². The molecular weight excluding hydrogens is 305 g/mol. The molecule has 2 amide bonds. The van der Waals surface area contributed by atoms with Crippen LogP contribution in [0.15, 0.2) is 0 Å². The molecule has 0 saturated carbocycles. The third-order valence-electron chi connectivity index (χ3n) is 3.14. The van der Waals surface area contributed by atoms with Gasteiger partial charge in [-0.3, -0.25) is 4.79 Å². The summed E-state index contributed by atoms with van der Waals surface area (Å²) in [4.78, 5) is 24.1. The van der Waals surface area contributed by atoms with E-state index in [0.29, 0.717) is 0 Å². The molecule has 0 spiro atoms. The van der Waals surface area contributed by atoms with E-state index < -0.39 is 42.3 Å². The molecule has 6 nitrogen and oxygen atoms in total. The van der Waals surface area contributed by atoms with Gasteiger partial charge in [0.2, 0.25) is 5.91 Å². The minimum absolute atomic E-state index is 0.0469. The summed E-state index contributed by atoms with van der Waals surface area (Å²) >= 11 is 0. The molecule has 0 bridgehead atoms. The van der Waals surface area contributed by atoms with Crippen LogP contribution in [0.2, 0.25) is 0 Å². The maximum atomic E-state index is 12.6. The molecule has 1 fully saturated rings. The van der Waals surface area contributed by atoms with Crippen LogP contribution < -0.4 is 5.32 Å². The number of halogens is 3. The summed E-state index contributed by atoms with van der Waals surface area (Å²) < 4.78 is 42.9. The highest BCUT2D eigenvalue weighted by Crippen LogP contribution is 2.37. The average Bonchev–Trinajstić information content (AvgIpc) is 2.70. The monoisotopic (exact) mass is 326 g/mol. The number of likely N-dealkylation sites (tertiary alicyclic amines) is 1. The molecule has 0 radical (unpaired) electrons. The molecule has 128 valence electrons. The summed E-state index contributed by atoms with van der Waals surface area (Å²) in [5.41, 5.74) is -3.52. The highest BCUT2D eigenvalue weighted by molar-refractivity contribution is 5.77. The second-order valence-electron chi connectivity index (χ2n) is 6.27. The van der Waals surface area contributed by atoms with Crippen molar-refractivity contribution in [2.24, 2.45) is 0 Å². The lowest BCUT2D eigenvalue weighted by Gasteiger charge is -2.26. The van der Waals surface area contributed by atoms with Crippen molar-refractivity contribution in [1.82, 2.24) is 10.2 Å². The molecule has 1 aliphatic rings. The SMILES string of the molecule is CC(C)(C)OC(=O)NCCC(=O)N1CCC(O)(C(F)(F)F)C1. The molecule has 1 atom stereocenters. The lowest BCUT2D eigenvalue weighted by Crippen LogP contribution is -2.48. The fraction of sp³-hybridized carbons (Fsp3) is 0.846. The van der Waals surface area contributed by atoms with Crippen molar-refractivity contribution < 1.29 is 32.6 Å². The minimum Gasteiger partial charge on any atom is -0.444 e. The Morgan fingerprint density at radius 2 is 1.91 bits per heavy atom. The number of carbonyl (C=O) groups excluding carboxylic acids is 2. The van der Waals surface area contributed by atoms with Crippen molar-refractivity contribution in [3.05, 3.63) is 0 Å². The van der Waals surface area contributed by atoms with Crippen LogP contribution in [0.5, 0.6) is 0 Å². The maximum absolute atomic E-state index is 12.6. The van der Waals surface area contributed by atoms with Gasteiger partial charge in [-0.2, -0.15) is 13.2 Å². The molecule has 1 rings (SSSR count). The third kappa shape index (κ3) is 5.04. The second kappa shape index (κ2) is 6.31. The van der Waals surface area contributed by atoms with Gasteiger partial charge in [-0.1, -0.05) is 0 Å². The second-order valence-corrected chi connectivity index (χ2v) is 6.27. The zero-order chi connectivity index (χ0) is 17.2. The number of alkyl halides is 3. The number of alkyl carbamates (subject to hydrolysis) is 1. The summed E-state index contributed by atoms with van der Waals surface area (Å²) in [5, 5.41) is 11.8. The highest BCUT2D eigenvalue weighted by Gasteiger charge is 2.57. The number of nitrogens with zero attached hydrogens (tertiary/aromatic N) is 1. The van der Waals surface area contributed by atoms with Gasteiger partial charge < -0.3 is 20.1 Å². The summed E-state index contributed by atoms with van der Waals surface area (Å²) in [6.07, 6.45) is -6.17. The number of carbonyl (C=O) groups is 2. The van der Waals surface area contributed by atoms with Gasteiger partial charge in [0.15, 0.2) is 5.60 Å². The third-order valence-corrected chi connectivity index (χ3v) is 3.14. The Bertz CT molecular complexity index is 434. The van der Waals surface area contributed by atoms with Crippen molar-refractivity contribution in [3.8, 4) is 0 Å². The molecule has 1 aliphatic heterocycles. The molecule has 1 heterocycles. The standard InChI is InChI=1S/C13H21F3N2O4/c1-11(2,3)22-10(20)17-6-4-9(19)18-7-5-12(21,8-18)13(14,15)16/h21H,4-8H2,1-3H3,(H,17,20). The zero-order valence-electron chi connectivity index (χ0n) is 12.8. The van der Waals surface area contributed by atoms with Crippen LogP contribution in [0.25, 0.3) is 0 Å². The summed E-state index contributed by atoms with van der Waals surface area (Å²) in [6.45, 7) is 4.05. The normalized spacial score (nSPS) is 22.6. The lowest BCUT2D eigenvalue weighted by molar-refractivity contribution is -0.253. The van der Waals surface area contributed by atoms with Crippen molar-refractivity contribution in [2.45, 2.75) is 51.0 Å². The summed E-state index contributed by atoms with van der Waals surface area (Å²) in [6, 6.07) is 0. The molecule has 0 aromatic rings. The van der Waals surface area contributed by atoms with E-state index in [1.54, 1.807) is 20.8 Å². The lowest BCUT2D eigenvalue weighted by atomic mass is 10.0. The van der Waals surface area contributed by atoms with Gasteiger partial charge in [0.1, 0.15) is 5.60 Å². The number of hydrogen-bond acceptors (Lipinski definition) is 4. The van der Waals surface area contributed by atoms with Crippen molar-refractivity contribution in [1.29, 1.82) is 0 Å². The molecule has 1 saturated heterocycles. The summed E-state index contributed by atoms with van der Waals surface area (Å²) in [5.74, 6) is -0.559. The molecular formula is C13H21F3N2O4. The van der Waals surface area contributed by atoms with Gasteiger partial charge >= 0.3 is 12.3 Å². The van der Waals surface area contributed by atoms with E-state index in [-0.39, 0.29) is 19.5 Å². The number of ether oxygens (including phenoxy) is 1. The predicted molar refractivity (Wildman–Crippen MR) is 71.1 cm³/mol. The van der Waals surface area contributed by atoms with Crippen LogP contribution in [0.1, 0.15) is 33.6 Å². The van der Waals surface area contributed by atoms with Crippen LogP contribution in [0, 0.1) is 0 Å². The van der Waals surface area contributed by atoms with Crippen LogP contribution in [-0.2, 0) is 9.53 Å². The number of aliphatic hydroxyl groups is 1. The van der Waals surface area contributed by atoms with Gasteiger partial charge in [-0.15, -0.1) is 0 Å². The zero-order valence-corrected chi connectivity index (χ0v) is 12.8. The Morgan fingerprint density at radius 3 is 2.36 bits per heavy atom. The van der Waals surface area contributed by atoms with E-state index in [1.165, 1.54) is 0 Å². The van der Waals surface area contributed by atoms with Crippen molar-refractivity contribution in [3.63, 3.8) is 0 Å². The number of amides is 2. The van der Waals surface area contributed by atoms with Gasteiger partial charge in [-0.05, 0) is 20.8 Å². The Hall–Kier alpha value is -1.51. The van der Waals surface area contributed by atoms with E-state index in [2.05, 4.69) is 5.32 Å². The topological polar surface area (TPSA) is 78.9 Å². The number of rotatable bonds is 3. The first-order valence-corrected chi connectivity index (χ1v) is 6.88. The van der Waals surface area contributed by atoms with Gasteiger partial charge in [-0.25, -0.2) is 4.79 Å². The predicted octanol–water partition coefficient (Wildman–Crippen LogP) is 1.43. The van der Waals surface area contributed by atoms with Crippen molar-refractivity contribution in [2.75, 3.05) is 19.6 Å². The molecule has 0 aliphatic carbocycles. The molecule has 9 heteroatoms. The first kappa shape index (κ1) is 18.5. The van der Waals surface area contributed by atoms with Crippen LogP contribution in [0.4, 0.5) is 18.0 Å². The maximum Gasteiger partial charge on any atom is 0.419 e. The van der Waals surface area contributed by atoms with E-state index in [9.17, 15) is 27.9 Å². The molecule has 0 aromatic heterocycles. The van der Waals surface area contributed by atoms with E-state index >= 15 is 0 Å². The quantitative estimate of drug-likeness (QED) is 0.822. The van der Waals surface area contributed by atoms with Gasteiger partial charge in [0.05, 0.1) is 6.54 Å². The fourth-order valence-corrected chi connectivity index (χ4v) is 1.98. The molecule has 1 unspecified atom stereocenters. The highest BCUT2D eigenvalue weighted by atomic mass is 19.4. The fourth-order valence-electron chi connectivity index (χ4n) is 1.98. The van der Waals surface area contributed by atoms with E-state index in [1.807, 2.05) is 0 Å². The molecule has 0 aromatic carbocycles. The molecule has 2 N–H and O–H groups in total. The number of nitrogens with one attached hydrogen (secondary N) is 1. The number of hydrogen-bond donors (Lipinski definition) is 2. The minimum atomic E-state index is -4.77. The van der Waals surface area contributed by atoms with Crippen LogP contribution in [0.3, 0.4) is 0 Å². The first-order chi connectivity index (χ1) is 9.84. The first-order valence-electron chi connectivity index (χ1n) is 6.88. The smallest absolute Gasteiger partial charge is 0.419 e. The number of β-amino-alcohol motifs (C(OH)–C–C–N with tert-alkyl or cyclic N) is 1. The summed E-state index contributed by atoms with van der Waals surface area (Å²) in [7, 11) is 0. The molecule has 22 heavy (non-hydrogen) atoms. The Balaban J connectivity index is 2.38. The van der Waals surface area contributed by atoms with Crippen LogP contribution in [-0.4, -0.2) is 59.0 Å². The van der Waals surface area contributed by atoms with Gasteiger partial charge in [0.25, 0.3) is 0 Å². The largest absolute Gasteiger partial charge is 0.444 e. The Kier molecular flexibility index (Phi) is 5.32. The van der Waals surface area contributed by atoms with E-state index in [4.69, 9.17) is 4.74 Å². The van der Waals surface area contributed by atoms with Crippen LogP contribution >= 0.6 is 0 Å². The Labute approximate surface area is 126 Å². The van der Waals surface area contributed by atoms with E-state index in [0.717, 1.165) is 4.90 Å². The van der Waals surface area contributed by atoms with Gasteiger partial charge in [0, 0.05) is 25.9 Å². The average molecular weight is 326 g/mol. The Morgan fingerprint density at radius 1 is 1.32 bits per heavy atom.